The first-order valence-electron chi connectivity index (χ1n) is 19.8. The molecule has 0 spiro atoms. The maximum atomic E-state index is 5.28. The van der Waals surface area contributed by atoms with Crippen molar-refractivity contribution in [2.75, 3.05) is 0 Å². The van der Waals surface area contributed by atoms with Crippen molar-refractivity contribution < 1.29 is 0 Å². The molecule has 0 aliphatic carbocycles. The Kier molecular flexibility index (Phi) is 8.41. The third-order valence-corrected chi connectivity index (χ3v) is 11.1. The molecule has 59 heavy (non-hydrogen) atoms. The Labute approximate surface area is 341 Å². The lowest BCUT2D eigenvalue weighted by atomic mass is 10.0. The average Bonchev–Trinajstić information content (AvgIpc) is 3.68. The summed E-state index contributed by atoms with van der Waals surface area (Å²) in [6, 6.07) is 73.9. The van der Waals surface area contributed by atoms with Crippen molar-refractivity contribution in [3.8, 4) is 73.4 Å². The van der Waals surface area contributed by atoms with Gasteiger partial charge in [0.05, 0.1) is 22.2 Å². The lowest BCUT2D eigenvalue weighted by Crippen LogP contribution is -2.00. The van der Waals surface area contributed by atoms with Gasteiger partial charge in [0.25, 0.3) is 0 Å². The van der Waals surface area contributed by atoms with Crippen molar-refractivity contribution in [1.82, 2.24) is 24.5 Å². The molecule has 0 aliphatic rings. The predicted octanol–water partition coefficient (Wildman–Crippen LogP) is 13.5. The van der Waals surface area contributed by atoms with Crippen molar-refractivity contribution in [3.63, 3.8) is 0 Å². The van der Waals surface area contributed by atoms with Crippen LogP contribution in [0.1, 0.15) is 0 Å². The monoisotopic (exact) mass is 753 g/mol. The van der Waals surface area contributed by atoms with E-state index in [0.717, 1.165) is 72.3 Å². The quantitative estimate of drug-likeness (QED) is 0.163. The molecule has 0 radical (unpaired) electrons. The lowest BCUT2D eigenvalue weighted by Gasteiger charge is -2.13. The van der Waals surface area contributed by atoms with E-state index in [2.05, 4.69) is 180 Å². The van der Waals surface area contributed by atoms with E-state index in [4.69, 9.17) is 19.9 Å². The number of nitrogens with zero attached hydrogens (tertiary/aromatic N) is 5. The first kappa shape index (κ1) is 34.2. The molecule has 3 aromatic heterocycles. The van der Waals surface area contributed by atoms with Gasteiger partial charge in [-0.25, -0.2) is 19.9 Å². The number of hydrogen-bond acceptors (Lipinski definition) is 4. The fraction of sp³-hybridized carbons (Fsp3) is 0. The van der Waals surface area contributed by atoms with Crippen molar-refractivity contribution in [3.05, 3.63) is 212 Å². The summed E-state index contributed by atoms with van der Waals surface area (Å²) >= 11 is 0. The van der Waals surface area contributed by atoms with Crippen molar-refractivity contribution >= 4 is 32.7 Å². The third kappa shape index (κ3) is 6.22. The van der Waals surface area contributed by atoms with Gasteiger partial charge in [-0.2, -0.15) is 0 Å². The molecule has 3 heterocycles. The summed E-state index contributed by atoms with van der Waals surface area (Å²) in [6.07, 6.45) is 0. The van der Waals surface area contributed by atoms with E-state index in [1.807, 2.05) is 36.4 Å². The molecule has 0 aliphatic heterocycles. The standard InChI is InChI=1S/C54H35N5/c1-4-14-36(15-5-1)37-24-28-42(29-25-37)53-56-52(41-18-8-3-9-19-41)57-54(58-53)43-30-26-38(27-31-43)39-32-34-44(35-33-39)59-48-23-13-11-21-46(48)49-45-20-10-12-22-47(45)55-50(51(49)59)40-16-6-2-7-17-40/h1-35H. The third-order valence-electron chi connectivity index (χ3n) is 11.1. The van der Waals surface area contributed by atoms with Crippen molar-refractivity contribution in [1.29, 1.82) is 0 Å². The Balaban J connectivity index is 0.968. The van der Waals surface area contributed by atoms with Crippen molar-refractivity contribution in [2.24, 2.45) is 0 Å². The maximum Gasteiger partial charge on any atom is 0.164 e. The van der Waals surface area contributed by atoms with Gasteiger partial charge in [0.1, 0.15) is 0 Å². The molecular formula is C54H35N5. The summed E-state index contributed by atoms with van der Waals surface area (Å²) in [4.78, 5) is 20.2. The second-order valence-corrected chi connectivity index (χ2v) is 14.7. The number of para-hydroxylation sites is 2. The first-order valence-corrected chi connectivity index (χ1v) is 19.8. The zero-order chi connectivity index (χ0) is 39.1. The molecular weight excluding hydrogens is 719 g/mol. The molecule has 5 nitrogen and oxygen atoms in total. The SMILES string of the molecule is c1ccc(-c2ccc(-c3nc(-c4ccccc4)nc(-c4ccc(-c5ccc(-n6c7ccccc7c7c8ccccc8nc(-c8ccccc8)c76)cc5)cc4)n3)cc2)cc1. The smallest absolute Gasteiger partial charge is 0.164 e. The molecule has 0 unspecified atom stereocenters. The summed E-state index contributed by atoms with van der Waals surface area (Å²) in [5, 5.41) is 3.57. The number of pyridine rings is 1. The van der Waals surface area contributed by atoms with Gasteiger partial charge in [-0.15, -0.1) is 0 Å². The van der Waals surface area contributed by atoms with E-state index in [1.54, 1.807) is 0 Å². The molecule has 11 aromatic rings. The molecule has 276 valence electrons. The Hall–Kier alpha value is -8.02. The highest BCUT2D eigenvalue weighted by Crippen LogP contribution is 2.41. The largest absolute Gasteiger partial charge is 0.307 e. The van der Waals surface area contributed by atoms with Gasteiger partial charge < -0.3 is 4.57 Å². The van der Waals surface area contributed by atoms with Gasteiger partial charge in [0.15, 0.2) is 17.5 Å². The number of rotatable bonds is 7. The van der Waals surface area contributed by atoms with Gasteiger partial charge in [0.2, 0.25) is 0 Å². The van der Waals surface area contributed by atoms with Gasteiger partial charge >= 0.3 is 0 Å². The highest BCUT2D eigenvalue weighted by Gasteiger charge is 2.21. The Morgan fingerprint density at radius 3 is 1.24 bits per heavy atom. The minimum Gasteiger partial charge on any atom is -0.307 e. The summed E-state index contributed by atoms with van der Waals surface area (Å²) in [5.74, 6) is 1.91. The number of fused-ring (bicyclic) bond motifs is 5. The molecule has 5 heteroatoms. The van der Waals surface area contributed by atoms with Crippen LogP contribution in [0.2, 0.25) is 0 Å². The average molecular weight is 754 g/mol. The zero-order valence-electron chi connectivity index (χ0n) is 31.9. The van der Waals surface area contributed by atoms with Crippen LogP contribution >= 0.6 is 0 Å². The van der Waals surface area contributed by atoms with Gasteiger partial charge in [0, 0.05) is 44.1 Å². The van der Waals surface area contributed by atoms with E-state index in [9.17, 15) is 0 Å². The van der Waals surface area contributed by atoms with Crippen LogP contribution in [0.25, 0.3) is 106 Å². The molecule has 8 aromatic carbocycles. The Morgan fingerprint density at radius 1 is 0.288 bits per heavy atom. The van der Waals surface area contributed by atoms with E-state index >= 15 is 0 Å². The number of hydrogen-bond donors (Lipinski definition) is 0. The zero-order valence-corrected chi connectivity index (χ0v) is 31.9. The molecule has 0 saturated heterocycles. The van der Waals surface area contributed by atoms with Crippen LogP contribution in [-0.4, -0.2) is 24.5 Å². The molecule has 0 atom stereocenters. The highest BCUT2D eigenvalue weighted by atomic mass is 15.0. The van der Waals surface area contributed by atoms with E-state index in [1.165, 1.54) is 16.3 Å². The minimum atomic E-state index is 0.629. The molecule has 0 saturated carbocycles. The first-order chi connectivity index (χ1) is 29.2. The van der Waals surface area contributed by atoms with Crippen LogP contribution in [-0.2, 0) is 0 Å². The van der Waals surface area contributed by atoms with Crippen LogP contribution in [0.15, 0.2) is 212 Å². The van der Waals surface area contributed by atoms with Crippen LogP contribution in [0, 0.1) is 0 Å². The van der Waals surface area contributed by atoms with E-state index in [0.29, 0.717) is 17.5 Å². The normalized spacial score (nSPS) is 11.4. The summed E-state index contributed by atoms with van der Waals surface area (Å²) in [7, 11) is 0. The Morgan fingerprint density at radius 2 is 0.678 bits per heavy atom. The molecule has 0 N–H and O–H groups in total. The topological polar surface area (TPSA) is 56.5 Å². The highest BCUT2D eigenvalue weighted by molar-refractivity contribution is 6.23. The molecule has 0 fully saturated rings. The second kappa shape index (κ2) is 14.5. The predicted molar refractivity (Wildman–Crippen MR) is 242 cm³/mol. The van der Waals surface area contributed by atoms with Gasteiger partial charge in [-0.05, 0) is 46.5 Å². The summed E-state index contributed by atoms with van der Waals surface area (Å²) < 4.78 is 2.37. The fourth-order valence-electron chi connectivity index (χ4n) is 8.17. The maximum absolute atomic E-state index is 5.28. The van der Waals surface area contributed by atoms with Crippen LogP contribution in [0.4, 0.5) is 0 Å². The number of benzene rings is 8. The van der Waals surface area contributed by atoms with Crippen LogP contribution < -0.4 is 0 Å². The Bertz CT molecular complexity index is 3270. The summed E-state index contributed by atoms with van der Waals surface area (Å²) in [5.41, 5.74) is 13.7. The van der Waals surface area contributed by atoms with Crippen LogP contribution in [0.3, 0.4) is 0 Å². The molecule has 0 amide bonds. The van der Waals surface area contributed by atoms with E-state index < -0.39 is 0 Å². The van der Waals surface area contributed by atoms with Crippen LogP contribution in [0.5, 0.6) is 0 Å². The second-order valence-electron chi connectivity index (χ2n) is 14.7. The van der Waals surface area contributed by atoms with Crippen molar-refractivity contribution in [2.45, 2.75) is 0 Å². The minimum absolute atomic E-state index is 0.629. The molecule has 0 bridgehead atoms. The van der Waals surface area contributed by atoms with E-state index in [-0.39, 0.29) is 0 Å². The lowest BCUT2D eigenvalue weighted by molar-refractivity contribution is 1.07. The molecule has 11 rings (SSSR count). The summed E-state index contributed by atoms with van der Waals surface area (Å²) in [6.45, 7) is 0. The van der Waals surface area contributed by atoms with Gasteiger partial charge in [-0.1, -0.05) is 188 Å². The van der Waals surface area contributed by atoms with Gasteiger partial charge in [-0.3, -0.25) is 0 Å². The fourth-order valence-corrected chi connectivity index (χ4v) is 8.17. The number of aromatic nitrogens is 5.